The summed E-state index contributed by atoms with van der Waals surface area (Å²) < 4.78 is 0. The number of carbonyl (C=O) groups excluding carboxylic acids is 1. The van der Waals surface area contributed by atoms with Crippen LogP contribution in [0.5, 0.6) is 0 Å². The summed E-state index contributed by atoms with van der Waals surface area (Å²) in [6, 6.07) is 10.1. The van der Waals surface area contributed by atoms with Crippen molar-refractivity contribution in [1.29, 1.82) is 0 Å². The lowest BCUT2D eigenvalue weighted by Gasteiger charge is -2.31. The predicted molar refractivity (Wildman–Crippen MR) is 80.4 cm³/mol. The van der Waals surface area contributed by atoms with Crippen molar-refractivity contribution in [2.45, 2.75) is 51.0 Å². The summed E-state index contributed by atoms with van der Waals surface area (Å²) in [5.74, 6) is 0.196. The highest BCUT2D eigenvalue weighted by Gasteiger charge is 2.43. The molecule has 1 aliphatic carbocycles. The van der Waals surface area contributed by atoms with Crippen LogP contribution >= 0.6 is 0 Å². The third-order valence-corrected chi connectivity index (χ3v) is 4.72. The highest BCUT2D eigenvalue weighted by molar-refractivity contribution is 5.88. The highest BCUT2D eigenvalue weighted by Crippen LogP contribution is 2.41. The first-order chi connectivity index (χ1) is 9.60. The molecule has 1 fully saturated rings. The van der Waals surface area contributed by atoms with Crippen LogP contribution in [0.3, 0.4) is 0 Å². The normalized spacial score (nSPS) is 20.4. The Hall–Kier alpha value is -1.35. The van der Waals surface area contributed by atoms with Gasteiger partial charge in [0, 0.05) is 12.6 Å². The van der Waals surface area contributed by atoms with E-state index in [4.69, 9.17) is 0 Å². The van der Waals surface area contributed by atoms with Crippen LogP contribution in [0.1, 0.15) is 45.1 Å². The molecule has 0 radical (unpaired) electrons. The van der Waals surface area contributed by atoms with Gasteiger partial charge in [-0.15, -0.1) is 0 Å². The van der Waals surface area contributed by atoms with Crippen LogP contribution in [-0.2, 0) is 10.2 Å². The van der Waals surface area contributed by atoms with Gasteiger partial charge in [0.25, 0.3) is 0 Å². The van der Waals surface area contributed by atoms with Gasteiger partial charge in [0.15, 0.2) is 0 Å². The van der Waals surface area contributed by atoms with Crippen LogP contribution in [-0.4, -0.2) is 23.7 Å². The molecule has 3 nitrogen and oxygen atoms in total. The van der Waals surface area contributed by atoms with E-state index in [-0.39, 0.29) is 29.9 Å². The lowest BCUT2D eigenvalue weighted by molar-refractivity contribution is -0.127. The zero-order valence-electron chi connectivity index (χ0n) is 12.4. The van der Waals surface area contributed by atoms with Gasteiger partial charge in [-0.25, -0.2) is 0 Å². The molecule has 2 atom stereocenters. The number of hydrogen-bond donors (Lipinski definition) is 2. The zero-order valence-corrected chi connectivity index (χ0v) is 12.4. The van der Waals surface area contributed by atoms with E-state index in [1.807, 2.05) is 32.0 Å². The van der Waals surface area contributed by atoms with Gasteiger partial charge >= 0.3 is 0 Å². The molecule has 20 heavy (non-hydrogen) atoms. The van der Waals surface area contributed by atoms with E-state index in [0.717, 1.165) is 31.2 Å². The topological polar surface area (TPSA) is 49.3 Å². The molecule has 1 aromatic carbocycles. The van der Waals surface area contributed by atoms with E-state index in [2.05, 4.69) is 17.4 Å². The minimum Gasteiger partial charge on any atom is -0.396 e. The van der Waals surface area contributed by atoms with Crippen molar-refractivity contribution >= 4 is 5.91 Å². The predicted octanol–water partition coefficient (Wildman–Crippen LogP) is 2.63. The molecule has 1 saturated carbocycles. The lowest BCUT2D eigenvalue weighted by atomic mass is 9.77. The number of hydrogen-bond acceptors (Lipinski definition) is 2. The average Bonchev–Trinajstić information content (AvgIpc) is 2.98. The zero-order chi connectivity index (χ0) is 14.6. The molecule has 0 heterocycles. The van der Waals surface area contributed by atoms with E-state index < -0.39 is 0 Å². The summed E-state index contributed by atoms with van der Waals surface area (Å²) in [6.45, 7) is 4.01. The molecule has 3 heteroatoms. The Balaban J connectivity index is 2.19. The maximum atomic E-state index is 12.8. The van der Waals surface area contributed by atoms with Crippen molar-refractivity contribution in [2.75, 3.05) is 6.61 Å². The summed E-state index contributed by atoms with van der Waals surface area (Å²) in [5, 5.41) is 12.3. The van der Waals surface area contributed by atoms with Crippen LogP contribution in [0.2, 0.25) is 0 Å². The van der Waals surface area contributed by atoms with Crippen molar-refractivity contribution in [3.05, 3.63) is 35.9 Å². The molecular weight excluding hydrogens is 250 g/mol. The molecule has 0 bridgehead atoms. The number of rotatable bonds is 5. The van der Waals surface area contributed by atoms with Gasteiger partial charge < -0.3 is 10.4 Å². The summed E-state index contributed by atoms with van der Waals surface area (Å²) in [4.78, 5) is 12.8. The molecular formula is C17H25NO2. The molecule has 0 aliphatic heterocycles. The Bertz CT molecular complexity index is 438. The molecule has 0 aromatic heterocycles. The van der Waals surface area contributed by atoms with E-state index in [1.165, 1.54) is 0 Å². The Morgan fingerprint density at radius 2 is 1.85 bits per heavy atom. The molecule has 2 N–H and O–H groups in total. The third kappa shape index (κ3) is 2.88. The molecule has 0 saturated heterocycles. The molecule has 0 spiro atoms. The number of nitrogens with one attached hydrogen (secondary N) is 1. The SMILES string of the molecule is CC(CO)C(C)NC(=O)C1(c2ccccc2)CCCC1. The van der Waals surface area contributed by atoms with E-state index in [0.29, 0.717) is 0 Å². The Morgan fingerprint density at radius 3 is 2.40 bits per heavy atom. The van der Waals surface area contributed by atoms with E-state index >= 15 is 0 Å². The summed E-state index contributed by atoms with van der Waals surface area (Å²) in [7, 11) is 0. The van der Waals surface area contributed by atoms with Gasteiger partial charge in [0.2, 0.25) is 5.91 Å². The van der Waals surface area contributed by atoms with Gasteiger partial charge in [-0.3, -0.25) is 4.79 Å². The van der Waals surface area contributed by atoms with Crippen LogP contribution in [0.15, 0.2) is 30.3 Å². The van der Waals surface area contributed by atoms with E-state index in [1.54, 1.807) is 0 Å². The summed E-state index contributed by atoms with van der Waals surface area (Å²) in [5.41, 5.74) is 0.754. The van der Waals surface area contributed by atoms with Gasteiger partial charge in [-0.1, -0.05) is 50.1 Å². The minimum atomic E-state index is -0.370. The Labute approximate surface area is 121 Å². The van der Waals surface area contributed by atoms with Gasteiger partial charge in [-0.2, -0.15) is 0 Å². The molecule has 2 rings (SSSR count). The number of aliphatic hydroxyl groups excluding tert-OH is 1. The van der Waals surface area contributed by atoms with Crippen LogP contribution in [0.25, 0.3) is 0 Å². The van der Waals surface area contributed by atoms with Gasteiger partial charge in [0.05, 0.1) is 5.41 Å². The average molecular weight is 275 g/mol. The van der Waals surface area contributed by atoms with Crippen molar-refractivity contribution in [3.63, 3.8) is 0 Å². The van der Waals surface area contributed by atoms with Gasteiger partial charge in [0.1, 0.15) is 0 Å². The molecule has 110 valence electrons. The van der Waals surface area contributed by atoms with Crippen molar-refractivity contribution in [1.82, 2.24) is 5.32 Å². The Morgan fingerprint density at radius 1 is 1.25 bits per heavy atom. The second-order valence-electron chi connectivity index (χ2n) is 6.08. The third-order valence-electron chi connectivity index (χ3n) is 4.72. The second kappa shape index (κ2) is 6.40. The number of amides is 1. The van der Waals surface area contributed by atoms with Gasteiger partial charge in [-0.05, 0) is 31.2 Å². The first kappa shape index (κ1) is 15.0. The standard InChI is InChI=1S/C17H25NO2/c1-13(12-19)14(2)18-16(20)17(10-6-7-11-17)15-8-4-3-5-9-15/h3-5,8-9,13-14,19H,6-7,10-12H2,1-2H3,(H,18,20). The van der Waals surface area contributed by atoms with Crippen molar-refractivity contribution < 1.29 is 9.90 Å². The van der Waals surface area contributed by atoms with Crippen molar-refractivity contribution in [3.8, 4) is 0 Å². The number of carbonyl (C=O) groups is 1. The minimum absolute atomic E-state index is 0.00585. The molecule has 1 aromatic rings. The van der Waals surface area contributed by atoms with Crippen LogP contribution in [0, 0.1) is 5.92 Å². The fourth-order valence-corrected chi connectivity index (χ4v) is 3.03. The first-order valence-corrected chi connectivity index (χ1v) is 7.57. The van der Waals surface area contributed by atoms with Crippen LogP contribution < -0.4 is 5.32 Å². The maximum absolute atomic E-state index is 12.8. The smallest absolute Gasteiger partial charge is 0.230 e. The largest absolute Gasteiger partial charge is 0.396 e. The van der Waals surface area contributed by atoms with E-state index in [9.17, 15) is 9.90 Å². The maximum Gasteiger partial charge on any atom is 0.230 e. The molecule has 2 unspecified atom stereocenters. The molecule has 1 aliphatic rings. The number of benzene rings is 1. The number of aliphatic hydroxyl groups is 1. The summed E-state index contributed by atoms with van der Waals surface area (Å²) >= 11 is 0. The fourth-order valence-electron chi connectivity index (χ4n) is 3.03. The highest BCUT2D eigenvalue weighted by atomic mass is 16.3. The van der Waals surface area contributed by atoms with Crippen LogP contribution in [0.4, 0.5) is 0 Å². The monoisotopic (exact) mass is 275 g/mol. The summed E-state index contributed by atoms with van der Waals surface area (Å²) in [6.07, 6.45) is 4.05. The van der Waals surface area contributed by atoms with Crippen molar-refractivity contribution in [2.24, 2.45) is 5.92 Å². The quantitative estimate of drug-likeness (QED) is 0.868. The first-order valence-electron chi connectivity index (χ1n) is 7.57. The molecule has 1 amide bonds. The Kier molecular flexibility index (Phi) is 4.81. The fraction of sp³-hybridized carbons (Fsp3) is 0.588. The second-order valence-corrected chi connectivity index (χ2v) is 6.08. The lowest BCUT2D eigenvalue weighted by Crippen LogP contribution is -2.48.